The van der Waals surface area contributed by atoms with Crippen molar-refractivity contribution < 1.29 is 24.2 Å². The Balaban J connectivity index is 1.14. The van der Waals surface area contributed by atoms with Crippen molar-refractivity contribution >= 4 is 18.0 Å². The molecule has 1 aliphatic heterocycles. The molecule has 1 saturated heterocycles. The summed E-state index contributed by atoms with van der Waals surface area (Å²) in [5.74, 6) is -0.956. The van der Waals surface area contributed by atoms with Crippen LogP contribution >= 0.6 is 0 Å². The van der Waals surface area contributed by atoms with Gasteiger partial charge in [0.25, 0.3) is 0 Å². The van der Waals surface area contributed by atoms with Crippen molar-refractivity contribution in [3.63, 3.8) is 0 Å². The minimum absolute atomic E-state index is 0.0109. The van der Waals surface area contributed by atoms with Crippen LogP contribution in [0.2, 0.25) is 0 Å². The number of carboxylic acids is 1. The zero-order valence-corrected chi connectivity index (χ0v) is 19.8. The average Bonchev–Trinajstić information content (AvgIpc) is 3.52. The van der Waals surface area contributed by atoms with E-state index in [1.165, 1.54) is 11.1 Å². The highest BCUT2D eigenvalue weighted by Gasteiger charge is 2.55. The fourth-order valence-electron chi connectivity index (χ4n) is 6.07. The van der Waals surface area contributed by atoms with E-state index >= 15 is 0 Å². The van der Waals surface area contributed by atoms with Gasteiger partial charge in [0.2, 0.25) is 5.91 Å². The van der Waals surface area contributed by atoms with E-state index in [1.54, 1.807) is 17.9 Å². The Morgan fingerprint density at radius 1 is 1.11 bits per heavy atom. The number of rotatable bonds is 6. The summed E-state index contributed by atoms with van der Waals surface area (Å²) in [4.78, 5) is 38.7. The summed E-state index contributed by atoms with van der Waals surface area (Å²) in [6.07, 6.45) is 3.50. The third kappa shape index (κ3) is 4.09. The van der Waals surface area contributed by atoms with Crippen LogP contribution < -0.4 is 5.32 Å². The first-order valence-corrected chi connectivity index (χ1v) is 12.2. The molecule has 0 unspecified atom stereocenters. The molecule has 2 aliphatic carbocycles. The molecule has 1 saturated carbocycles. The Morgan fingerprint density at radius 2 is 1.77 bits per heavy atom. The van der Waals surface area contributed by atoms with Gasteiger partial charge in [0.15, 0.2) is 0 Å². The first-order chi connectivity index (χ1) is 16.9. The van der Waals surface area contributed by atoms with Crippen LogP contribution in [-0.2, 0) is 14.3 Å². The summed E-state index contributed by atoms with van der Waals surface area (Å²) < 4.78 is 5.53. The lowest BCUT2D eigenvalue weighted by molar-refractivity contribution is -0.149. The van der Waals surface area contributed by atoms with E-state index < -0.39 is 17.5 Å². The second-order valence-corrected chi connectivity index (χ2v) is 9.83. The zero-order chi connectivity index (χ0) is 24.6. The number of benzene rings is 2. The quantitative estimate of drug-likeness (QED) is 0.613. The van der Waals surface area contributed by atoms with E-state index in [0.717, 1.165) is 24.0 Å². The number of nitrogens with zero attached hydrogens (tertiary/aromatic N) is 1. The molecule has 3 aliphatic rings. The van der Waals surface area contributed by atoms with Gasteiger partial charge in [-0.05, 0) is 47.9 Å². The number of ether oxygens (including phenoxy) is 1. The summed E-state index contributed by atoms with van der Waals surface area (Å²) in [5, 5.41) is 12.4. The Bertz CT molecular complexity index is 1160. The minimum atomic E-state index is -0.797. The number of hydrogen-bond acceptors (Lipinski definition) is 4. The largest absolute Gasteiger partial charge is 0.481 e. The Morgan fingerprint density at radius 3 is 2.40 bits per heavy atom. The van der Waals surface area contributed by atoms with Crippen molar-refractivity contribution in [2.24, 2.45) is 11.3 Å². The standard InChI is InChI=1S/C28H30N2O5/c1-18(25(31)30-15-19-7-6-13-28(19,17-30)26(32)33)12-14-29-27(34)35-16-24-22-10-4-2-8-20(22)21-9-3-5-11-23(21)24/h2-5,8-12,19,24H,6-7,13-17H2,1H3,(H,29,34)(H,32,33)/b18-12+/t19-,28-/m1/s1. The number of amides is 2. The van der Waals surface area contributed by atoms with Gasteiger partial charge in [-0.25, -0.2) is 4.79 Å². The zero-order valence-electron chi connectivity index (χ0n) is 19.8. The van der Waals surface area contributed by atoms with Crippen molar-refractivity contribution in [2.75, 3.05) is 26.2 Å². The maximum Gasteiger partial charge on any atom is 0.407 e. The van der Waals surface area contributed by atoms with E-state index in [4.69, 9.17) is 4.74 Å². The van der Waals surface area contributed by atoms with Crippen LogP contribution in [0.5, 0.6) is 0 Å². The van der Waals surface area contributed by atoms with Crippen molar-refractivity contribution in [2.45, 2.75) is 32.1 Å². The predicted octanol–water partition coefficient (Wildman–Crippen LogP) is 4.18. The molecule has 2 amide bonds. The predicted molar refractivity (Wildman–Crippen MR) is 131 cm³/mol. The second-order valence-electron chi connectivity index (χ2n) is 9.83. The average molecular weight is 475 g/mol. The summed E-state index contributed by atoms with van der Waals surface area (Å²) in [7, 11) is 0. The molecule has 7 heteroatoms. The van der Waals surface area contributed by atoms with Gasteiger partial charge in [0.05, 0.1) is 5.41 Å². The number of aliphatic carboxylic acids is 1. The van der Waals surface area contributed by atoms with Gasteiger partial charge in [0.1, 0.15) is 6.61 Å². The normalized spacial score (nSPS) is 22.9. The number of alkyl carbamates (subject to hydrolysis) is 1. The van der Waals surface area contributed by atoms with Crippen molar-refractivity contribution in [3.8, 4) is 11.1 Å². The monoisotopic (exact) mass is 474 g/mol. The lowest BCUT2D eigenvalue weighted by Gasteiger charge is -2.23. The van der Waals surface area contributed by atoms with Gasteiger partial charge >= 0.3 is 12.1 Å². The number of hydrogen-bond donors (Lipinski definition) is 2. The molecular formula is C28H30N2O5. The summed E-state index contributed by atoms with van der Waals surface area (Å²) in [6, 6.07) is 16.3. The van der Waals surface area contributed by atoms with Crippen LogP contribution in [0.25, 0.3) is 11.1 Å². The summed E-state index contributed by atoms with van der Waals surface area (Å²) in [6.45, 7) is 2.83. The molecule has 2 N–H and O–H groups in total. The molecule has 2 atom stereocenters. The van der Waals surface area contributed by atoms with Crippen molar-refractivity contribution in [1.29, 1.82) is 0 Å². The van der Waals surface area contributed by atoms with Crippen LogP contribution in [0.15, 0.2) is 60.2 Å². The third-order valence-corrected chi connectivity index (χ3v) is 7.92. The molecule has 2 fully saturated rings. The van der Waals surface area contributed by atoms with Gasteiger partial charge in [0, 0.05) is 31.1 Å². The van der Waals surface area contributed by atoms with Crippen LogP contribution in [0.3, 0.4) is 0 Å². The molecule has 2 aromatic rings. The molecule has 5 rings (SSSR count). The first-order valence-electron chi connectivity index (χ1n) is 12.2. The van der Waals surface area contributed by atoms with Gasteiger partial charge in [-0.2, -0.15) is 0 Å². The van der Waals surface area contributed by atoms with Crippen LogP contribution in [-0.4, -0.2) is 54.2 Å². The van der Waals surface area contributed by atoms with Crippen LogP contribution in [0.4, 0.5) is 4.79 Å². The van der Waals surface area contributed by atoms with Gasteiger partial charge in [-0.1, -0.05) is 61.0 Å². The summed E-state index contributed by atoms with van der Waals surface area (Å²) >= 11 is 0. The Labute approximate surface area is 204 Å². The van der Waals surface area contributed by atoms with Crippen molar-refractivity contribution in [3.05, 3.63) is 71.3 Å². The van der Waals surface area contributed by atoms with E-state index in [9.17, 15) is 19.5 Å². The van der Waals surface area contributed by atoms with Gasteiger partial charge in [-0.3, -0.25) is 9.59 Å². The molecule has 2 aromatic carbocycles. The number of carbonyl (C=O) groups excluding carboxylic acids is 2. The molecule has 182 valence electrons. The fourth-order valence-corrected chi connectivity index (χ4v) is 6.07. The molecular weight excluding hydrogens is 444 g/mol. The lowest BCUT2D eigenvalue weighted by atomic mass is 9.81. The minimum Gasteiger partial charge on any atom is -0.481 e. The molecule has 35 heavy (non-hydrogen) atoms. The third-order valence-electron chi connectivity index (χ3n) is 7.92. The molecule has 0 spiro atoms. The molecule has 0 radical (unpaired) electrons. The highest BCUT2D eigenvalue weighted by molar-refractivity contribution is 5.94. The van der Waals surface area contributed by atoms with E-state index in [1.807, 2.05) is 24.3 Å². The first kappa shape index (κ1) is 23.1. The molecule has 0 aromatic heterocycles. The highest BCUT2D eigenvalue weighted by atomic mass is 16.5. The number of carbonyl (C=O) groups is 3. The van der Waals surface area contributed by atoms with Crippen molar-refractivity contribution in [1.82, 2.24) is 10.2 Å². The number of nitrogens with one attached hydrogen (secondary N) is 1. The molecule has 1 heterocycles. The van der Waals surface area contributed by atoms with Gasteiger partial charge < -0.3 is 20.1 Å². The SMILES string of the molecule is C/C(=C\CNC(=O)OCC1c2ccccc2-c2ccccc21)C(=O)N1C[C@H]2CCC[C@@]2(C(=O)O)C1. The van der Waals surface area contributed by atoms with Gasteiger partial charge in [-0.15, -0.1) is 0 Å². The topological polar surface area (TPSA) is 95.9 Å². The second kappa shape index (κ2) is 9.21. The highest BCUT2D eigenvalue weighted by Crippen LogP contribution is 2.49. The number of fused-ring (bicyclic) bond motifs is 4. The number of likely N-dealkylation sites (tertiary alicyclic amines) is 1. The maximum absolute atomic E-state index is 12.9. The molecule has 7 nitrogen and oxygen atoms in total. The van der Waals surface area contributed by atoms with E-state index in [-0.39, 0.29) is 37.4 Å². The fraction of sp³-hybridized carbons (Fsp3) is 0.393. The lowest BCUT2D eigenvalue weighted by Crippen LogP contribution is -2.37. The van der Waals surface area contributed by atoms with E-state index in [2.05, 4.69) is 29.6 Å². The smallest absolute Gasteiger partial charge is 0.407 e. The maximum atomic E-state index is 12.9. The summed E-state index contributed by atoms with van der Waals surface area (Å²) in [5.41, 5.74) is 4.34. The Hall–Kier alpha value is -3.61. The molecule has 0 bridgehead atoms. The number of carboxylic acid groups (broad SMARTS) is 1. The Kier molecular flexibility index (Phi) is 6.09. The van der Waals surface area contributed by atoms with E-state index in [0.29, 0.717) is 18.5 Å². The van der Waals surface area contributed by atoms with Crippen LogP contribution in [0, 0.1) is 11.3 Å². The van der Waals surface area contributed by atoms with Crippen LogP contribution in [0.1, 0.15) is 43.2 Å².